The smallest absolute Gasteiger partial charge is 0.0367 e. The fraction of sp³-hybridized carbons (Fsp3) is 1.00. The van der Waals surface area contributed by atoms with E-state index in [-0.39, 0.29) is 0 Å². The summed E-state index contributed by atoms with van der Waals surface area (Å²) < 4.78 is 0. The van der Waals surface area contributed by atoms with Gasteiger partial charge < -0.3 is 0 Å². The van der Waals surface area contributed by atoms with E-state index in [1.54, 1.807) is 56.7 Å². The zero-order chi connectivity index (χ0) is 35.4. The van der Waals surface area contributed by atoms with E-state index >= 15 is 0 Å². The molecule has 0 bridgehead atoms. The first-order valence-electron chi connectivity index (χ1n) is 24.3. The van der Waals surface area contributed by atoms with Crippen molar-refractivity contribution in [3.63, 3.8) is 0 Å². The molecule has 0 aliphatic heterocycles. The summed E-state index contributed by atoms with van der Waals surface area (Å²) in [5, 5.41) is 0. The molecular formula is C48H100Si. The minimum atomic E-state index is -0.501. The van der Waals surface area contributed by atoms with E-state index in [0.717, 1.165) is 0 Å². The minimum Gasteiger partial charge on any atom is -0.0654 e. The van der Waals surface area contributed by atoms with Gasteiger partial charge in [0.05, 0.1) is 0 Å². The predicted octanol–water partition coefficient (Wildman–Crippen LogP) is 18.7. The molecule has 0 saturated heterocycles. The molecule has 0 aromatic heterocycles. The van der Waals surface area contributed by atoms with Gasteiger partial charge in [-0.1, -0.05) is 309 Å². The van der Waals surface area contributed by atoms with Crippen LogP contribution in [0, 0.1) is 0 Å². The summed E-state index contributed by atoms with van der Waals surface area (Å²) in [6.45, 7) is 6.97. The average molecular weight is 705 g/mol. The molecule has 0 amide bonds. The molecule has 0 aliphatic rings. The van der Waals surface area contributed by atoms with E-state index in [2.05, 4.69) is 20.8 Å². The van der Waals surface area contributed by atoms with Gasteiger partial charge in [-0.05, 0) is 0 Å². The Morgan fingerprint density at radius 1 is 0.163 bits per heavy atom. The highest BCUT2D eigenvalue weighted by atomic mass is 28.3. The first-order valence-corrected chi connectivity index (χ1v) is 26.8. The van der Waals surface area contributed by atoms with Crippen molar-refractivity contribution in [2.24, 2.45) is 0 Å². The van der Waals surface area contributed by atoms with Crippen LogP contribution in [0.4, 0.5) is 0 Å². The van der Waals surface area contributed by atoms with Crippen molar-refractivity contribution in [2.75, 3.05) is 0 Å². The molecule has 49 heavy (non-hydrogen) atoms. The van der Waals surface area contributed by atoms with Crippen LogP contribution in [0.1, 0.15) is 290 Å². The van der Waals surface area contributed by atoms with E-state index in [9.17, 15) is 0 Å². The Hall–Kier alpha value is 0.217. The summed E-state index contributed by atoms with van der Waals surface area (Å²) in [5.41, 5.74) is 0. The molecule has 0 aromatic rings. The molecule has 0 N–H and O–H groups in total. The third-order valence-corrected chi connectivity index (χ3v) is 15.6. The maximum absolute atomic E-state index is 2.32. The highest BCUT2D eigenvalue weighted by Gasteiger charge is 2.10. The lowest BCUT2D eigenvalue weighted by atomic mass is 10.0. The van der Waals surface area contributed by atoms with Crippen LogP contribution in [-0.2, 0) is 0 Å². The largest absolute Gasteiger partial charge is 0.0654 e. The van der Waals surface area contributed by atoms with Crippen molar-refractivity contribution in [3.05, 3.63) is 0 Å². The Morgan fingerprint density at radius 3 is 0.429 bits per heavy atom. The monoisotopic (exact) mass is 705 g/mol. The van der Waals surface area contributed by atoms with E-state index in [1.807, 2.05) is 0 Å². The fourth-order valence-corrected chi connectivity index (χ4v) is 11.8. The van der Waals surface area contributed by atoms with E-state index in [1.165, 1.54) is 231 Å². The first kappa shape index (κ1) is 49.2. The highest BCUT2D eigenvalue weighted by Crippen LogP contribution is 2.22. The molecule has 0 fully saturated rings. The molecule has 0 heterocycles. The van der Waals surface area contributed by atoms with Crippen LogP contribution in [-0.4, -0.2) is 8.80 Å². The van der Waals surface area contributed by atoms with Crippen LogP contribution >= 0.6 is 0 Å². The van der Waals surface area contributed by atoms with Crippen LogP contribution in [0.25, 0.3) is 0 Å². The predicted molar refractivity (Wildman–Crippen MR) is 233 cm³/mol. The maximum Gasteiger partial charge on any atom is 0.0367 e. The second kappa shape index (κ2) is 46.2. The summed E-state index contributed by atoms with van der Waals surface area (Å²) in [6, 6.07) is 5.03. The molecule has 0 aliphatic carbocycles. The quantitative estimate of drug-likeness (QED) is 0.0437. The van der Waals surface area contributed by atoms with E-state index in [4.69, 9.17) is 0 Å². The molecule has 0 saturated carbocycles. The van der Waals surface area contributed by atoms with Gasteiger partial charge in [-0.15, -0.1) is 0 Å². The molecule has 1 heteroatoms. The zero-order valence-corrected chi connectivity index (χ0v) is 36.6. The molecule has 296 valence electrons. The van der Waals surface area contributed by atoms with Crippen LogP contribution in [0.15, 0.2) is 0 Å². The Morgan fingerprint density at radius 2 is 0.286 bits per heavy atom. The molecule has 0 aromatic carbocycles. The Kier molecular flexibility index (Phi) is 46.4. The van der Waals surface area contributed by atoms with Gasteiger partial charge in [-0.2, -0.15) is 0 Å². The number of rotatable bonds is 45. The van der Waals surface area contributed by atoms with Crippen LogP contribution in [0.2, 0.25) is 18.1 Å². The molecular weight excluding hydrogens is 605 g/mol. The molecule has 0 radical (unpaired) electrons. The maximum atomic E-state index is 2.32. The van der Waals surface area contributed by atoms with Gasteiger partial charge >= 0.3 is 0 Å². The molecule has 0 unspecified atom stereocenters. The Balaban J connectivity index is 3.93. The van der Waals surface area contributed by atoms with Crippen molar-refractivity contribution >= 4 is 8.80 Å². The fourth-order valence-electron chi connectivity index (χ4n) is 8.32. The second-order valence-corrected chi connectivity index (χ2v) is 20.5. The van der Waals surface area contributed by atoms with Crippen LogP contribution in [0.3, 0.4) is 0 Å². The second-order valence-electron chi connectivity index (χ2n) is 17.0. The standard InChI is InChI=1S/C48H100Si/c1-4-7-10-13-16-19-22-25-28-31-34-37-40-43-46-49(47-44-41-38-35-32-29-26-23-20-17-14-11-8-5-2)48-45-42-39-36-33-30-27-24-21-18-15-12-9-6-3/h49H,4-48H2,1-3H3. The van der Waals surface area contributed by atoms with Crippen molar-refractivity contribution in [3.8, 4) is 0 Å². The van der Waals surface area contributed by atoms with Gasteiger partial charge in [0.25, 0.3) is 0 Å². The average Bonchev–Trinajstić information content (AvgIpc) is 3.11. The van der Waals surface area contributed by atoms with Gasteiger partial charge in [0.15, 0.2) is 0 Å². The van der Waals surface area contributed by atoms with Crippen molar-refractivity contribution < 1.29 is 0 Å². The molecule has 0 rings (SSSR count). The van der Waals surface area contributed by atoms with E-state index in [0.29, 0.717) is 0 Å². The first-order chi connectivity index (χ1) is 24.3. The van der Waals surface area contributed by atoms with Gasteiger partial charge in [-0.3, -0.25) is 0 Å². The lowest BCUT2D eigenvalue weighted by Gasteiger charge is -2.15. The number of unbranched alkanes of at least 4 members (excludes halogenated alkanes) is 39. The normalized spacial score (nSPS) is 11.8. The Labute approximate surface area is 316 Å². The summed E-state index contributed by atoms with van der Waals surface area (Å²) in [5.74, 6) is 0. The van der Waals surface area contributed by atoms with Crippen molar-refractivity contribution in [2.45, 2.75) is 309 Å². The Bertz CT molecular complexity index is 467. The van der Waals surface area contributed by atoms with Gasteiger partial charge in [-0.25, -0.2) is 0 Å². The summed E-state index contributed by atoms with van der Waals surface area (Å²) in [6.07, 6.45) is 62.8. The third-order valence-electron chi connectivity index (χ3n) is 11.9. The highest BCUT2D eigenvalue weighted by molar-refractivity contribution is 6.58. The summed E-state index contributed by atoms with van der Waals surface area (Å²) in [4.78, 5) is 0. The zero-order valence-electron chi connectivity index (χ0n) is 35.4. The van der Waals surface area contributed by atoms with Gasteiger partial charge in [0.2, 0.25) is 0 Å². The van der Waals surface area contributed by atoms with Crippen LogP contribution in [0.5, 0.6) is 0 Å². The summed E-state index contributed by atoms with van der Waals surface area (Å²) in [7, 11) is -0.501. The topological polar surface area (TPSA) is 0 Å². The van der Waals surface area contributed by atoms with Gasteiger partial charge in [0, 0.05) is 8.80 Å². The van der Waals surface area contributed by atoms with Crippen molar-refractivity contribution in [1.82, 2.24) is 0 Å². The SMILES string of the molecule is CCCCCCCCCCCCCCCC[SiH](CCCCCCCCCCCCCCCC)CCCCCCCCCCCCCCCC. The number of hydrogen-bond donors (Lipinski definition) is 0. The lowest BCUT2D eigenvalue weighted by Crippen LogP contribution is -2.12. The third kappa shape index (κ3) is 44.3. The van der Waals surface area contributed by atoms with Crippen molar-refractivity contribution in [1.29, 1.82) is 0 Å². The van der Waals surface area contributed by atoms with Gasteiger partial charge in [0.1, 0.15) is 0 Å². The van der Waals surface area contributed by atoms with E-state index < -0.39 is 8.80 Å². The lowest BCUT2D eigenvalue weighted by molar-refractivity contribution is 0.536. The minimum absolute atomic E-state index is 0.501. The summed E-state index contributed by atoms with van der Waals surface area (Å²) >= 11 is 0. The van der Waals surface area contributed by atoms with Crippen LogP contribution < -0.4 is 0 Å². The number of hydrogen-bond acceptors (Lipinski definition) is 0. The molecule has 0 nitrogen and oxygen atoms in total. The molecule has 0 atom stereocenters. The molecule has 0 spiro atoms.